The summed E-state index contributed by atoms with van der Waals surface area (Å²) in [5, 5.41) is 0. The Labute approximate surface area is 75.0 Å². The molecule has 0 aliphatic heterocycles. The van der Waals surface area contributed by atoms with Crippen molar-refractivity contribution in [1.82, 2.24) is 4.98 Å². The molecule has 0 radical (unpaired) electrons. The molecule has 0 amide bonds. The van der Waals surface area contributed by atoms with E-state index in [2.05, 4.69) is 20.9 Å². The SMILES string of the molecule is Cc1cc(C(C)N)ncc1Br. The summed E-state index contributed by atoms with van der Waals surface area (Å²) in [4.78, 5) is 4.17. The van der Waals surface area contributed by atoms with Gasteiger partial charge in [-0.25, -0.2) is 0 Å². The zero-order chi connectivity index (χ0) is 8.43. The van der Waals surface area contributed by atoms with E-state index in [4.69, 9.17) is 5.73 Å². The third-order valence-electron chi connectivity index (χ3n) is 1.53. The van der Waals surface area contributed by atoms with Crippen molar-refractivity contribution in [2.45, 2.75) is 19.9 Å². The first-order chi connectivity index (χ1) is 5.11. The Morgan fingerprint density at radius 2 is 2.27 bits per heavy atom. The highest BCUT2D eigenvalue weighted by Gasteiger charge is 2.02. The van der Waals surface area contributed by atoms with Crippen molar-refractivity contribution in [3.63, 3.8) is 0 Å². The minimum Gasteiger partial charge on any atom is -0.323 e. The van der Waals surface area contributed by atoms with Crippen LogP contribution in [-0.2, 0) is 0 Å². The molecule has 0 saturated carbocycles. The molecule has 11 heavy (non-hydrogen) atoms. The van der Waals surface area contributed by atoms with Crippen LogP contribution in [0.25, 0.3) is 0 Å². The Kier molecular flexibility index (Phi) is 2.62. The summed E-state index contributed by atoms with van der Waals surface area (Å²) >= 11 is 3.38. The first kappa shape index (κ1) is 8.68. The third kappa shape index (κ3) is 2.01. The fourth-order valence-corrected chi connectivity index (χ4v) is 1.03. The van der Waals surface area contributed by atoms with Crippen LogP contribution in [0.4, 0.5) is 0 Å². The summed E-state index contributed by atoms with van der Waals surface area (Å²) in [6.45, 7) is 3.95. The Hall–Kier alpha value is -0.410. The molecule has 0 aliphatic carbocycles. The lowest BCUT2D eigenvalue weighted by molar-refractivity contribution is 0.778. The lowest BCUT2D eigenvalue weighted by atomic mass is 10.2. The topological polar surface area (TPSA) is 38.9 Å². The summed E-state index contributed by atoms with van der Waals surface area (Å²) in [7, 11) is 0. The van der Waals surface area contributed by atoms with E-state index in [0.717, 1.165) is 10.2 Å². The molecule has 1 aromatic heterocycles. The second-order valence-electron chi connectivity index (χ2n) is 2.65. The van der Waals surface area contributed by atoms with Gasteiger partial charge in [-0.2, -0.15) is 0 Å². The van der Waals surface area contributed by atoms with Crippen LogP contribution in [0.1, 0.15) is 24.2 Å². The van der Waals surface area contributed by atoms with Gasteiger partial charge in [-0.3, -0.25) is 4.98 Å². The van der Waals surface area contributed by atoms with Gasteiger partial charge < -0.3 is 5.73 Å². The van der Waals surface area contributed by atoms with Gasteiger partial charge in [-0.15, -0.1) is 0 Å². The van der Waals surface area contributed by atoms with Crippen LogP contribution in [-0.4, -0.2) is 4.98 Å². The van der Waals surface area contributed by atoms with Crippen LogP contribution in [0.2, 0.25) is 0 Å². The summed E-state index contributed by atoms with van der Waals surface area (Å²) in [5.74, 6) is 0. The fraction of sp³-hybridized carbons (Fsp3) is 0.375. The maximum Gasteiger partial charge on any atom is 0.0571 e. The maximum absolute atomic E-state index is 5.65. The molecule has 1 aromatic rings. The van der Waals surface area contributed by atoms with Crippen molar-refractivity contribution < 1.29 is 0 Å². The van der Waals surface area contributed by atoms with E-state index in [-0.39, 0.29) is 6.04 Å². The zero-order valence-corrected chi connectivity index (χ0v) is 8.22. The normalized spacial score (nSPS) is 13.1. The number of rotatable bonds is 1. The first-order valence-electron chi connectivity index (χ1n) is 3.49. The van der Waals surface area contributed by atoms with Gasteiger partial charge in [-0.05, 0) is 41.4 Å². The minimum atomic E-state index is 0.0156. The van der Waals surface area contributed by atoms with E-state index in [1.54, 1.807) is 6.20 Å². The molecular weight excluding hydrogens is 204 g/mol. The largest absolute Gasteiger partial charge is 0.323 e. The smallest absolute Gasteiger partial charge is 0.0571 e. The van der Waals surface area contributed by atoms with Crippen molar-refractivity contribution in [2.75, 3.05) is 0 Å². The molecule has 1 heterocycles. The molecule has 2 N–H and O–H groups in total. The van der Waals surface area contributed by atoms with Crippen LogP contribution in [0.5, 0.6) is 0 Å². The Bertz CT molecular complexity index is 258. The Balaban J connectivity index is 3.05. The predicted octanol–water partition coefficient (Wildman–Crippen LogP) is 2.17. The van der Waals surface area contributed by atoms with Crippen molar-refractivity contribution in [3.05, 3.63) is 28.0 Å². The van der Waals surface area contributed by atoms with Crippen LogP contribution >= 0.6 is 15.9 Å². The van der Waals surface area contributed by atoms with E-state index in [1.165, 1.54) is 5.56 Å². The monoisotopic (exact) mass is 214 g/mol. The second kappa shape index (κ2) is 3.32. The molecule has 0 aromatic carbocycles. The molecule has 1 unspecified atom stereocenters. The summed E-state index contributed by atoms with van der Waals surface area (Å²) in [6, 6.07) is 2.01. The van der Waals surface area contributed by atoms with Gasteiger partial charge in [0.2, 0.25) is 0 Å². The van der Waals surface area contributed by atoms with Crippen molar-refractivity contribution in [2.24, 2.45) is 5.73 Å². The average molecular weight is 215 g/mol. The van der Waals surface area contributed by atoms with Crippen LogP contribution in [0.15, 0.2) is 16.7 Å². The number of nitrogens with two attached hydrogens (primary N) is 1. The molecule has 1 atom stereocenters. The number of aryl methyl sites for hydroxylation is 1. The van der Waals surface area contributed by atoms with Gasteiger partial charge >= 0.3 is 0 Å². The van der Waals surface area contributed by atoms with Gasteiger partial charge in [0.25, 0.3) is 0 Å². The molecular formula is C8H11BrN2. The average Bonchev–Trinajstić information content (AvgIpc) is 1.94. The molecule has 0 saturated heterocycles. The molecule has 0 spiro atoms. The molecule has 3 heteroatoms. The van der Waals surface area contributed by atoms with E-state index in [1.807, 2.05) is 19.9 Å². The highest BCUT2D eigenvalue weighted by molar-refractivity contribution is 9.10. The van der Waals surface area contributed by atoms with Gasteiger partial charge in [-0.1, -0.05) is 0 Å². The second-order valence-corrected chi connectivity index (χ2v) is 3.50. The summed E-state index contributed by atoms with van der Waals surface area (Å²) in [6.07, 6.45) is 1.79. The number of hydrogen-bond donors (Lipinski definition) is 1. The minimum absolute atomic E-state index is 0.0156. The number of nitrogens with zero attached hydrogens (tertiary/aromatic N) is 1. The highest BCUT2D eigenvalue weighted by Crippen LogP contribution is 2.16. The number of aromatic nitrogens is 1. The van der Waals surface area contributed by atoms with Crippen molar-refractivity contribution in [1.29, 1.82) is 0 Å². The van der Waals surface area contributed by atoms with Gasteiger partial charge in [0.05, 0.1) is 5.69 Å². The first-order valence-corrected chi connectivity index (χ1v) is 4.28. The van der Waals surface area contributed by atoms with E-state index >= 15 is 0 Å². The molecule has 0 fully saturated rings. The fourth-order valence-electron chi connectivity index (χ4n) is 0.810. The molecule has 1 rings (SSSR count). The lowest BCUT2D eigenvalue weighted by Crippen LogP contribution is -2.07. The third-order valence-corrected chi connectivity index (χ3v) is 2.36. The predicted molar refractivity (Wildman–Crippen MR) is 49.3 cm³/mol. The number of pyridine rings is 1. The molecule has 0 aliphatic rings. The summed E-state index contributed by atoms with van der Waals surface area (Å²) < 4.78 is 1.03. The number of halogens is 1. The molecule has 60 valence electrons. The lowest BCUT2D eigenvalue weighted by Gasteiger charge is -2.05. The maximum atomic E-state index is 5.65. The quantitative estimate of drug-likeness (QED) is 0.779. The van der Waals surface area contributed by atoms with E-state index in [0.29, 0.717) is 0 Å². The van der Waals surface area contributed by atoms with Crippen molar-refractivity contribution >= 4 is 15.9 Å². The van der Waals surface area contributed by atoms with Crippen LogP contribution < -0.4 is 5.73 Å². The standard InChI is InChI=1S/C8H11BrN2/c1-5-3-8(6(2)10)11-4-7(5)9/h3-4,6H,10H2,1-2H3. The Morgan fingerprint density at radius 3 is 2.73 bits per heavy atom. The van der Waals surface area contributed by atoms with E-state index in [9.17, 15) is 0 Å². The molecule has 2 nitrogen and oxygen atoms in total. The van der Waals surface area contributed by atoms with E-state index < -0.39 is 0 Å². The van der Waals surface area contributed by atoms with Crippen LogP contribution in [0, 0.1) is 6.92 Å². The van der Waals surface area contributed by atoms with Crippen molar-refractivity contribution in [3.8, 4) is 0 Å². The summed E-state index contributed by atoms with van der Waals surface area (Å²) in [5.41, 5.74) is 7.76. The van der Waals surface area contributed by atoms with Gasteiger partial charge in [0.1, 0.15) is 0 Å². The highest BCUT2D eigenvalue weighted by atomic mass is 79.9. The van der Waals surface area contributed by atoms with Gasteiger partial charge in [0.15, 0.2) is 0 Å². The Morgan fingerprint density at radius 1 is 1.64 bits per heavy atom. The zero-order valence-electron chi connectivity index (χ0n) is 6.63. The number of hydrogen-bond acceptors (Lipinski definition) is 2. The van der Waals surface area contributed by atoms with Gasteiger partial charge in [0, 0.05) is 16.7 Å². The van der Waals surface area contributed by atoms with Crippen LogP contribution in [0.3, 0.4) is 0 Å². The molecule has 0 bridgehead atoms.